The summed E-state index contributed by atoms with van der Waals surface area (Å²) in [6, 6.07) is 7.59. The zero-order valence-corrected chi connectivity index (χ0v) is 29.0. The van der Waals surface area contributed by atoms with E-state index in [1.807, 2.05) is 24.3 Å². The minimum absolute atomic E-state index is 0.0290. The minimum Gasteiger partial charge on any atom is -0.451 e. The summed E-state index contributed by atoms with van der Waals surface area (Å²) in [4.78, 5) is 74.3. The van der Waals surface area contributed by atoms with Crippen LogP contribution in [0, 0.1) is 11.3 Å². The Morgan fingerprint density at radius 3 is 2.51 bits per heavy atom. The summed E-state index contributed by atoms with van der Waals surface area (Å²) in [6.45, 7) is 9.73. The molecule has 4 heterocycles. The van der Waals surface area contributed by atoms with Crippen LogP contribution in [0.3, 0.4) is 0 Å². The first kappa shape index (κ1) is 35.7. The van der Waals surface area contributed by atoms with Gasteiger partial charge in [0.05, 0.1) is 10.9 Å². The fraction of sp³-hybridized carbons (Fsp3) is 0.543. The number of pyridine rings is 1. The number of esters is 1. The van der Waals surface area contributed by atoms with E-state index in [2.05, 4.69) is 21.5 Å². The molecule has 264 valence electrons. The number of nitrogens with one attached hydrogen (secondary N) is 4. The van der Waals surface area contributed by atoms with E-state index in [-0.39, 0.29) is 24.7 Å². The molecule has 0 radical (unpaired) electrons. The number of anilines is 1. The molecule has 49 heavy (non-hydrogen) atoms. The van der Waals surface area contributed by atoms with Gasteiger partial charge >= 0.3 is 5.97 Å². The molecule has 5 rings (SSSR count). The maximum atomic E-state index is 14.0. The van der Waals surface area contributed by atoms with Crippen molar-refractivity contribution in [1.29, 1.82) is 0 Å². The number of carbonyl (C=O) groups is 5. The molecule has 3 aliphatic heterocycles. The highest BCUT2D eigenvalue weighted by Crippen LogP contribution is 2.25. The van der Waals surface area contributed by atoms with Crippen LogP contribution in [-0.2, 0) is 28.7 Å². The lowest BCUT2D eigenvalue weighted by Crippen LogP contribution is -2.62. The van der Waals surface area contributed by atoms with Crippen molar-refractivity contribution in [3.8, 4) is 0 Å². The van der Waals surface area contributed by atoms with Crippen LogP contribution in [0.15, 0.2) is 36.4 Å². The van der Waals surface area contributed by atoms with E-state index in [4.69, 9.17) is 9.72 Å². The van der Waals surface area contributed by atoms with Crippen molar-refractivity contribution >= 4 is 52.4 Å². The second-order valence-corrected chi connectivity index (χ2v) is 13.8. The summed E-state index contributed by atoms with van der Waals surface area (Å²) in [5.74, 6) is -2.09. The topological polar surface area (TPSA) is 165 Å². The third kappa shape index (κ3) is 8.73. The number of rotatable bonds is 4. The van der Waals surface area contributed by atoms with Gasteiger partial charge in [0.2, 0.25) is 5.91 Å². The van der Waals surface area contributed by atoms with Gasteiger partial charge in [-0.05, 0) is 62.8 Å². The first-order valence-corrected chi connectivity index (χ1v) is 17.0. The van der Waals surface area contributed by atoms with Crippen LogP contribution in [-0.4, -0.2) is 102 Å². The largest absolute Gasteiger partial charge is 0.451 e. The molecular weight excluding hydrogens is 628 g/mol. The minimum atomic E-state index is -1.19. The highest BCUT2D eigenvalue weighted by Gasteiger charge is 2.38. The van der Waals surface area contributed by atoms with E-state index in [0.29, 0.717) is 56.9 Å². The average molecular weight is 677 g/mol. The molecule has 1 aromatic heterocycles. The number of ether oxygens (including phenoxy) is 1. The second kappa shape index (κ2) is 15.3. The van der Waals surface area contributed by atoms with Crippen molar-refractivity contribution in [2.24, 2.45) is 11.3 Å². The van der Waals surface area contributed by atoms with Gasteiger partial charge in [-0.2, -0.15) is 0 Å². The van der Waals surface area contributed by atoms with Crippen LogP contribution >= 0.6 is 0 Å². The summed E-state index contributed by atoms with van der Waals surface area (Å²) < 4.78 is 5.83. The van der Waals surface area contributed by atoms with Gasteiger partial charge in [0.25, 0.3) is 17.7 Å². The molecule has 3 aliphatic rings. The molecule has 0 spiro atoms. The highest BCUT2D eigenvalue weighted by atomic mass is 16.5. The van der Waals surface area contributed by atoms with Crippen molar-refractivity contribution in [2.45, 2.75) is 71.6 Å². The molecule has 0 aliphatic carbocycles. The van der Waals surface area contributed by atoms with Crippen molar-refractivity contribution < 1.29 is 28.7 Å². The van der Waals surface area contributed by atoms with Gasteiger partial charge in [0.1, 0.15) is 17.9 Å². The van der Waals surface area contributed by atoms with Crippen molar-refractivity contribution in [3.05, 3.63) is 42.0 Å². The quantitative estimate of drug-likeness (QED) is 0.349. The van der Waals surface area contributed by atoms with Crippen LogP contribution in [0.1, 0.15) is 58.9 Å². The molecule has 14 nitrogen and oxygen atoms in total. The lowest BCUT2D eigenvalue weighted by molar-refractivity contribution is -0.165. The Labute approximate surface area is 286 Å². The number of cyclic esters (lactones) is 1. The average Bonchev–Trinajstić information content (AvgIpc) is 3.10. The number of hydrogen-bond acceptors (Lipinski definition) is 10. The van der Waals surface area contributed by atoms with E-state index < -0.39 is 47.3 Å². The van der Waals surface area contributed by atoms with Gasteiger partial charge < -0.3 is 20.3 Å². The first-order valence-electron chi connectivity index (χ1n) is 17.0. The second-order valence-electron chi connectivity index (χ2n) is 13.8. The van der Waals surface area contributed by atoms with Crippen LogP contribution < -0.4 is 26.5 Å². The highest BCUT2D eigenvalue weighted by molar-refractivity contribution is 5.92. The Morgan fingerprint density at radius 2 is 1.78 bits per heavy atom. The maximum absolute atomic E-state index is 14.0. The Bertz CT molecular complexity index is 1600. The molecule has 2 aromatic rings. The van der Waals surface area contributed by atoms with Crippen LogP contribution in [0.5, 0.6) is 0 Å². The number of nitrogens with zero attached hydrogens (tertiary/aromatic N) is 4. The fourth-order valence-corrected chi connectivity index (χ4v) is 6.02. The van der Waals surface area contributed by atoms with E-state index in [1.54, 1.807) is 57.9 Å². The summed E-state index contributed by atoms with van der Waals surface area (Å²) in [6.07, 6.45) is 3.40. The number of benzene rings is 1. The maximum Gasteiger partial charge on any atom is 0.316 e. The van der Waals surface area contributed by atoms with Gasteiger partial charge in [-0.15, -0.1) is 0 Å². The predicted octanol–water partition coefficient (Wildman–Crippen LogP) is 1.52. The van der Waals surface area contributed by atoms with Gasteiger partial charge in [-0.3, -0.25) is 39.4 Å². The van der Waals surface area contributed by atoms with Gasteiger partial charge in [0.15, 0.2) is 6.10 Å². The van der Waals surface area contributed by atoms with Crippen molar-refractivity contribution in [3.63, 3.8) is 0 Å². The normalized spacial score (nSPS) is 24.8. The molecule has 14 heteroatoms. The molecule has 1 aromatic carbocycles. The molecule has 5 bridgehead atoms. The Morgan fingerprint density at radius 1 is 1.04 bits per heavy atom. The lowest BCUT2D eigenvalue weighted by atomic mass is 9.92. The van der Waals surface area contributed by atoms with Crippen LogP contribution in [0.2, 0.25) is 0 Å². The number of fused-ring (bicyclic) bond motifs is 4. The monoisotopic (exact) mass is 676 g/mol. The number of piperazine rings is 1. The van der Waals surface area contributed by atoms with Crippen LogP contribution in [0.4, 0.5) is 5.82 Å². The fourth-order valence-electron chi connectivity index (χ4n) is 6.02. The molecule has 4 amide bonds. The van der Waals surface area contributed by atoms with Crippen LogP contribution in [0.25, 0.3) is 17.0 Å². The van der Waals surface area contributed by atoms with E-state index in [0.717, 1.165) is 10.9 Å². The Kier molecular flexibility index (Phi) is 11.2. The molecular formula is C35H48N8O6. The van der Waals surface area contributed by atoms with E-state index in [9.17, 15) is 24.0 Å². The van der Waals surface area contributed by atoms with Gasteiger partial charge in [-0.1, -0.05) is 38.1 Å². The number of aromatic nitrogens is 1. The third-order valence-electron chi connectivity index (χ3n) is 9.14. The van der Waals surface area contributed by atoms with Gasteiger partial charge in [0, 0.05) is 51.6 Å². The van der Waals surface area contributed by atoms with Gasteiger partial charge in [-0.25, -0.2) is 10.4 Å². The number of hydrazine groups is 2. The number of carbonyl (C=O) groups excluding carboxylic acids is 5. The third-order valence-corrected chi connectivity index (χ3v) is 9.14. The zero-order chi connectivity index (χ0) is 35.3. The Hall–Kier alpha value is -4.56. The molecule has 2 saturated heterocycles. The smallest absolute Gasteiger partial charge is 0.316 e. The first-order chi connectivity index (χ1) is 23.3. The Balaban J connectivity index is 1.46. The molecule has 0 unspecified atom stereocenters. The summed E-state index contributed by atoms with van der Waals surface area (Å²) >= 11 is 0. The van der Waals surface area contributed by atoms with E-state index >= 15 is 0 Å². The summed E-state index contributed by atoms with van der Waals surface area (Å²) in [5.41, 5.74) is 6.30. The SMILES string of the molecule is CC(C)[C@@H]1OC(=O)C(C)(C)/C=C/c2ccc3ccc(nc3c2)N(C)NC(=O)[C@@H]2CCCN(N2)C(=O)[C@H](CCC(=O)N2CCNCC2)NC1=O. The molecule has 3 atom stereocenters. The van der Waals surface area contributed by atoms with Crippen molar-refractivity contribution in [1.82, 2.24) is 36.4 Å². The van der Waals surface area contributed by atoms with Crippen molar-refractivity contribution in [2.75, 3.05) is 44.8 Å². The lowest BCUT2D eigenvalue weighted by Gasteiger charge is -2.36. The molecule has 4 N–H and O–H groups in total. The summed E-state index contributed by atoms with van der Waals surface area (Å²) in [5, 5.41) is 9.79. The zero-order valence-electron chi connectivity index (χ0n) is 29.0. The number of hydrogen-bond donors (Lipinski definition) is 4. The molecule has 0 saturated carbocycles. The summed E-state index contributed by atoms with van der Waals surface area (Å²) in [7, 11) is 1.69. The molecule has 2 fully saturated rings. The van der Waals surface area contributed by atoms with E-state index in [1.165, 1.54) is 10.0 Å². The standard InChI is InChI=1S/C35H48N8O6/c1-22(2)30-32(46)38-26(11-13-29(44)42-19-16-36-17-20-42)33(47)43-18-6-7-25(39-43)31(45)40-41(5)28-12-10-24-9-8-23(21-27(24)37-28)14-15-35(3,4)34(48)49-30/h8-10,12,14-15,21-22,25-26,30,36,39H,6-7,11,13,16-20H2,1-5H3,(H,38,46)(H,40,45)/b15-14+/t25-,26-,30-/m0/s1. The predicted molar refractivity (Wildman–Crippen MR) is 184 cm³/mol. The number of amides is 4.